The molecule has 1 N–H and O–H groups in total. The van der Waals surface area contributed by atoms with E-state index in [0.29, 0.717) is 5.75 Å². The maximum Gasteiger partial charge on any atom is 0.555 e. The van der Waals surface area contributed by atoms with Gasteiger partial charge in [0, 0.05) is 0 Å². The van der Waals surface area contributed by atoms with Crippen LogP contribution in [-0.2, 0) is 20.5 Å². The molecule has 1 atom stereocenters. The van der Waals surface area contributed by atoms with E-state index in [2.05, 4.69) is 16.5 Å². The van der Waals surface area contributed by atoms with Crippen LogP contribution in [0.4, 0.5) is 0 Å². The van der Waals surface area contributed by atoms with Gasteiger partial charge < -0.3 is 4.52 Å². The molecule has 5 nitrogen and oxygen atoms in total. The fourth-order valence-corrected chi connectivity index (χ4v) is 2.32. The molecule has 0 spiro atoms. The molecule has 0 aliphatic rings. The third-order valence-electron chi connectivity index (χ3n) is 2.50. The summed E-state index contributed by atoms with van der Waals surface area (Å²) in [4.78, 5) is 14.0. The van der Waals surface area contributed by atoms with Gasteiger partial charge in [-0.15, -0.1) is 4.67 Å². The highest BCUT2D eigenvalue weighted by Gasteiger charge is 2.25. The zero-order chi connectivity index (χ0) is 14.1. The van der Waals surface area contributed by atoms with Gasteiger partial charge >= 0.3 is 7.82 Å². The third-order valence-corrected chi connectivity index (χ3v) is 3.22. The fourth-order valence-electron chi connectivity index (χ4n) is 1.62. The van der Waals surface area contributed by atoms with Crippen LogP contribution < -0.4 is 4.52 Å². The summed E-state index contributed by atoms with van der Waals surface area (Å²) in [6.07, 6.45) is 4.05. The van der Waals surface area contributed by atoms with Crippen molar-refractivity contribution in [1.82, 2.24) is 0 Å². The minimum absolute atomic E-state index is 0.173. The maximum absolute atomic E-state index is 11.6. The van der Waals surface area contributed by atoms with Gasteiger partial charge in [0.1, 0.15) is 5.75 Å². The maximum atomic E-state index is 11.6. The lowest BCUT2D eigenvalue weighted by molar-refractivity contribution is -0.216. The minimum Gasteiger partial charge on any atom is -0.402 e. The molecule has 1 rings (SSSR count). The predicted molar refractivity (Wildman–Crippen MR) is 72.8 cm³/mol. The van der Waals surface area contributed by atoms with Crippen molar-refractivity contribution >= 4 is 7.82 Å². The molecule has 0 bridgehead atoms. The molecule has 108 valence electrons. The molecule has 0 aliphatic carbocycles. The Morgan fingerprint density at radius 2 is 1.95 bits per heavy atom. The number of rotatable bonds is 9. The second kappa shape index (κ2) is 8.33. The Kier molecular flexibility index (Phi) is 7.10. The Morgan fingerprint density at radius 3 is 2.63 bits per heavy atom. The van der Waals surface area contributed by atoms with Gasteiger partial charge in [0.25, 0.3) is 0 Å². The van der Waals surface area contributed by atoms with Crippen LogP contribution in [0.15, 0.2) is 24.3 Å². The van der Waals surface area contributed by atoms with Crippen molar-refractivity contribution in [3.63, 3.8) is 0 Å². The summed E-state index contributed by atoms with van der Waals surface area (Å²) < 4.78 is 21.0. The van der Waals surface area contributed by atoms with Gasteiger partial charge in [-0.25, -0.2) is 9.45 Å². The molecule has 1 aromatic rings. The van der Waals surface area contributed by atoms with Gasteiger partial charge in [0.15, 0.2) is 0 Å². The number of hydrogen-bond acceptors (Lipinski definition) is 4. The highest BCUT2D eigenvalue weighted by molar-refractivity contribution is 7.47. The lowest BCUT2D eigenvalue weighted by Gasteiger charge is -2.14. The van der Waals surface area contributed by atoms with Crippen LogP contribution in [0.2, 0.25) is 0 Å². The van der Waals surface area contributed by atoms with E-state index < -0.39 is 7.82 Å². The van der Waals surface area contributed by atoms with E-state index in [-0.39, 0.29) is 6.61 Å². The molecule has 0 saturated carbocycles. The number of phosphoric acid groups is 1. The Labute approximate surface area is 114 Å². The number of para-hydroxylation sites is 1. The van der Waals surface area contributed by atoms with E-state index in [4.69, 9.17) is 4.52 Å². The van der Waals surface area contributed by atoms with Gasteiger partial charge in [0.2, 0.25) is 0 Å². The lowest BCUT2D eigenvalue weighted by atomic mass is 10.1. The van der Waals surface area contributed by atoms with E-state index in [1.54, 1.807) is 19.1 Å². The Bertz CT molecular complexity index is 421. The van der Waals surface area contributed by atoms with E-state index in [1.165, 1.54) is 0 Å². The molecule has 19 heavy (non-hydrogen) atoms. The van der Waals surface area contributed by atoms with Crippen molar-refractivity contribution in [1.29, 1.82) is 0 Å². The molecule has 0 saturated heterocycles. The normalized spacial score (nSPS) is 14.1. The molecular weight excluding hydrogens is 267 g/mol. The number of aryl methyl sites for hydroxylation is 1. The Balaban J connectivity index is 2.68. The molecule has 1 aromatic carbocycles. The first-order valence-corrected chi connectivity index (χ1v) is 8.00. The van der Waals surface area contributed by atoms with Crippen LogP contribution in [0.3, 0.4) is 0 Å². The first-order chi connectivity index (χ1) is 9.09. The van der Waals surface area contributed by atoms with Crippen molar-refractivity contribution in [2.24, 2.45) is 0 Å². The van der Waals surface area contributed by atoms with E-state index in [1.807, 2.05) is 12.1 Å². The quantitative estimate of drug-likeness (QED) is 0.323. The molecule has 0 radical (unpaired) electrons. The summed E-state index contributed by atoms with van der Waals surface area (Å²) in [5.41, 5.74) is 0.894. The molecule has 1 unspecified atom stereocenters. The third kappa shape index (κ3) is 6.21. The molecule has 6 heteroatoms. The summed E-state index contributed by atoms with van der Waals surface area (Å²) in [5.74, 6) is 0.365. The molecule has 0 aliphatic heterocycles. The average Bonchev–Trinajstić information content (AvgIpc) is 2.38. The predicted octanol–water partition coefficient (Wildman–Crippen LogP) is 3.87. The summed E-state index contributed by atoms with van der Waals surface area (Å²) in [7, 11) is -4.22. The van der Waals surface area contributed by atoms with Crippen LogP contribution >= 0.6 is 7.82 Å². The van der Waals surface area contributed by atoms with Crippen LogP contribution in [0.5, 0.6) is 5.75 Å². The highest BCUT2D eigenvalue weighted by Crippen LogP contribution is 2.45. The molecular formula is C13H21O5P. The van der Waals surface area contributed by atoms with Gasteiger partial charge in [-0.1, -0.05) is 38.0 Å². The number of phosphoric ester groups is 1. The van der Waals surface area contributed by atoms with Gasteiger partial charge in [-0.3, -0.25) is 4.89 Å². The second-order valence-electron chi connectivity index (χ2n) is 4.11. The molecule has 0 heterocycles. The Morgan fingerprint density at radius 1 is 1.21 bits per heavy atom. The average molecular weight is 288 g/mol. The largest absolute Gasteiger partial charge is 0.555 e. The monoisotopic (exact) mass is 288 g/mol. The summed E-state index contributed by atoms with van der Waals surface area (Å²) >= 11 is 0. The van der Waals surface area contributed by atoms with Gasteiger partial charge in [0.05, 0.1) is 6.61 Å². The first kappa shape index (κ1) is 16.2. The van der Waals surface area contributed by atoms with E-state index in [9.17, 15) is 9.46 Å². The van der Waals surface area contributed by atoms with Crippen molar-refractivity contribution in [2.45, 2.75) is 39.5 Å². The van der Waals surface area contributed by atoms with Crippen molar-refractivity contribution in [2.75, 3.05) is 6.61 Å². The zero-order valence-corrected chi connectivity index (χ0v) is 12.3. The van der Waals surface area contributed by atoms with Gasteiger partial charge in [-0.05, 0) is 31.4 Å². The standard InChI is InChI=1S/C13H21O5P/c1-3-5-6-9-12-10-7-8-11-13(12)17-19(14,15)18-16-4-2/h7-8,10-11H,3-6,9H2,1-2H3,(H,14,15). The van der Waals surface area contributed by atoms with Crippen LogP contribution in [0, 0.1) is 0 Å². The van der Waals surface area contributed by atoms with Crippen LogP contribution in [-0.4, -0.2) is 11.5 Å². The number of unbranched alkanes of at least 4 members (excludes halogenated alkanes) is 2. The Hall–Kier alpha value is -0.870. The van der Waals surface area contributed by atoms with E-state index >= 15 is 0 Å². The SMILES string of the molecule is CCCCCc1ccccc1OP(=O)(O)OOCC. The topological polar surface area (TPSA) is 65.0 Å². The summed E-state index contributed by atoms with van der Waals surface area (Å²) in [6.45, 7) is 3.95. The molecule has 0 aromatic heterocycles. The minimum atomic E-state index is -4.22. The van der Waals surface area contributed by atoms with Crippen molar-refractivity contribution < 1.29 is 23.5 Å². The zero-order valence-electron chi connectivity index (χ0n) is 11.4. The highest BCUT2D eigenvalue weighted by atomic mass is 31.2. The molecule has 0 amide bonds. The lowest BCUT2D eigenvalue weighted by Crippen LogP contribution is -2.00. The molecule has 0 fully saturated rings. The summed E-state index contributed by atoms with van der Waals surface area (Å²) in [6, 6.07) is 7.16. The number of hydrogen-bond donors (Lipinski definition) is 1. The number of benzene rings is 1. The van der Waals surface area contributed by atoms with Crippen LogP contribution in [0.1, 0.15) is 38.7 Å². The smallest absolute Gasteiger partial charge is 0.402 e. The van der Waals surface area contributed by atoms with Crippen LogP contribution in [0.25, 0.3) is 0 Å². The first-order valence-electron chi connectivity index (χ1n) is 6.50. The van der Waals surface area contributed by atoms with Crippen molar-refractivity contribution in [3.05, 3.63) is 29.8 Å². The summed E-state index contributed by atoms with van der Waals surface area (Å²) in [5, 5.41) is 0. The van der Waals surface area contributed by atoms with E-state index in [0.717, 1.165) is 31.2 Å². The fraction of sp³-hybridized carbons (Fsp3) is 0.538. The van der Waals surface area contributed by atoms with Crippen molar-refractivity contribution in [3.8, 4) is 5.75 Å². The second-order valence-corrected chi connectivity index (χ2v) is 5.37. The van der Waals surface area contributed by atoms with Gasteiger partial charge in [-0.2, -0.15) is 0 Å².